The fourth-order valence-corrected chi connectivity index (χ4v) is 2.98. The van der Waals surface area contributed by atoms with Gasteiger partial charge in [-0.05, 0) is 31.2 Å². The summed E-state index contributed by atoms with van der Waals surface area (Å²) in [6, 6.07) is 6.47. The molecule has 0 atom stereocenters. The summed E-state index contributed by atoms with van der Waals surface area (Å²) in [6.45, 7) is 2.28. The maximum Gasteiger partial charge on any atom is 0.344 e. The number of pyridine rings is 1. The summed E-state index contributed by atoms with van der Waals surface area (Å²) in [5.41, 5.74) is -0.682. The maximum atomic E-state index is 12.1. The number of amides is 1. The van der Waals surface area contributed by atoms with Crippen LogP contribution in [0.25, 0.3) is 0 Å². The van der Waals surface area contributed by atoms with Crippen LogP contribution < -0.4 is 5.56 Å². The number of aromatic amines is 1. The topological polar surface area (TPSA) is 79.5 Å². The highest BCUT2D eigenvalue weighted by molar-refractivity contribution is 7.16. The fourth-order valence-electron chi connectivity index (χ4n) is 1.88. The smallest absolute Gasteiger partial charge is 0.344 e. The highest BCUT2D eigenvalue weighted by Crippen LogP contribution is 2.22. The Hall–Kier alpha value is -2.12. The third-order valence-corrected chi connectivity index (χ3v) is 4.29. The van der Waals surface area contributed by atoms with Crippen molar-refractivity contribution in [2.75, 3.05) is 13.2 Å². The van der Waals surface area contributed by atoms with E-state index in [0.717, 1.165) is 4.88 Å². The SMILES string of the molecule is CCN(Cc1ccc(Cl)s1)C(=O)COC(=O)c1ccc[nH]c1=O. The van der Waals surface area contributed by atoms with Gasteiger partial charge >= 0.3 is 5.97 Å². The third kappa shape index (κ3) is 4.67. The van der Waals surface area contributed by atoms with Crippen LogP contribution in [0.4, 0.5) is 0 Å². The second-order valence-corrected chi connectivity index (χ2v) is 6.40. The van der Waals surface area contributed by atoms with E-state index in [1.54, 1.807) is 11.0 Å². The van der Waals surface area contributed by atoms with Gasteiger partial charge in [0.25, 0.3) is 11.5 Å². The highest BCUT2D eigenvalue weighted by Gasteiger charge is 2.17. The summed E-state index contributed by atoms with van der Waals surface area (Å²) >= 11 is 7.26. The Morgan fingerprint density at radius 3 is 2.74 bits per heavy atom. The Morgan fingerprint density at radius 1 is 1.35 bits per heavy atom. The van der Waals surface area contributed by atoms with E-state index in [2.05, 4.69) is 4.98 Å². The molecule has 0 fully saturated rings. The Balaban J connectivity index is 1.93. The summed E-state index contributed by atoms with van der Waals surface area (Å²) in [6.07, 6.45) is 1.41. The van der Waals surface area contributed by atoms with Crippen LogP contribution in [0.1, 0.15) is 22.2 Å². The number of esters is 1. The van der Waals surface area contributed by atoms with Gasteiger partial charge in [-0.25, -0.2) is 4.79 Å². The van der Waals surface area contributed by atoms with Gasteiger partial charge in [-0.15, -0.1) is 11.3 Å². The number of nitrogens with zero attached hydrogens (tertiary/aromatic N) is 1. The van der Waals surface area contributed by atoms with E-state index >= 15 is 0 Å². The molecule has 2 aromatic rings. The summed E-state index contributed by atoms with van der Waals surface area (Å²) < 4.78 is 5.57. The van der Waals surface area contributed by atoms with Crippen LogP contribution >= 0.6 is 22.9 Å². The average Bonchev–Trinajstić information content (AvgIpc) is 2.95. The summed E-state index contributed by atoms with van der Waals surface area (Å²) in [5, 5.41) is 0. The van der Waals surface area contributed by atoms with Crippen molar-refractivity contribution in [3.05, 3.63) is 55.6 Å². The monoisotopic (exact) mass is 354 g/mol. The standard InChI is InChI=1S/C15H15ClN2O4S/c1-2-18(8-10-5-6-12(16)23-10)13(19)9-22-15(21)11-4-3-7-17-14(11)20/h3-7H,2,8-9H2,1H3,(H,17,20). The van der Waals surface area contributed by atoms with Gasteiger partial charge in [0.2, 0.25) is 0 Å². The van der Waals surface area contributed by atoms with Crippen molar-refractivity contribution in [1.82, 2.24) is 9.88 Å². The number of H-pyrrole nitrogens is 1. The van der Waals surface area contributed by atoms with Crippen LogP contribution in [0.5, 0.6) is 0 Å². The molecular formula is C15H15ClN2O4S. The molecule has 23 heavy (non-hydrogen) atoms. The number of thiophene rings is 1. The number of nitrogens with one attached hydrogen (secondary N) is 1. The molecule has 0 aromatic carbocycles. The van der Waals surface area contributed by atoms with Crippen molar-refractivity contribution in [2.24, 2.45) is 0 Å². The first-order valence-electron chi connectivity index (χ1n) is 6.88. The normalized spacial score (nSPS) is 10.3. The zero-order chi connectivity index (χ0) is 16.8. The minimum atomic E-state index is -0.824. The van der Waals surface area contributed by atoms with E-state index < -0.39 is 18.1 Å². The zero-order valence-electron chi connectivity index (χ0n) is 12.4. The molecule has 122 valence electrons. The van der Waals surface area contributed by atoms with Gasteiger partial charge in [-0.3, -0.25) is 9.59 Å². The summed E-state index contributed by atoms with van der Waals surface area (Å²) in [5.74, 6) is -1.16. The second kappa shape index (κ2) is 7.94. The van der Waals surface area contributed by atoms with Gasteiger partial charge in [0.1, 0.15) is 5.56 Å². The van der Waals surface area contributed by atoms with E-state index in [4.69, 9.17) is 16.3 Å². The molecule has 2 aromatic heterocycles. The maximum absolute atomic E-state index is 12.1. The van der Waals surface area contributed by atoms with E-state index in [1.165, 1.54) is 29.7 Å². The van der Waals surface area contributed by atoms with E-state index in [-0.39, 0.29) is 11.5 Å². The van der Waals surface area contributed by atoms with Crippen LogP contribution in [0.15, 0.2) is 35.3 Å². The number of likely N-dealkylation sites (N-methyl/N-ethyl adjacent to an activating group) is 1. The molecule has 0 aliphatic heterocycles. The van der Waals surface area contributed by atoms with E-state index in [1.807, 2.05) is 13.0 Å². The van der Waals surface area contributed by atoms with Crippen molar-refractivity contribution in [3.8, 4) is 0 Å². The van der Waals surface area contributed by atoms with Gasteiger partial charge in [-0.1, -0.05) is 11.6 Å². The van der Waals surface area contributed by atoms with Crippen molar-refractivity contribution in [1.29, 1.82) is 0 Å². The van der Waals surface area contributed by atoms with Crippen molar-refractivity contribution >= 4 is 34.8 Å². The van der Waals surface area contributed by atoms with Gasteiger partial charge in [0.15, 0.2) is 6.61 Å². The molecule has 0 saturated carbocycles. The molecule has 2 rings (SSSR count). The third-order valence-electron chi connectivity index (χ3n) is 3.07. The van der Waals surface area contributed by atoms with Gasteiger partial charge in [0.05, 0.1) is 10.9 Å². The average molecular weight is 355 g/mol. The minimum Gasteiger partial charge on any atom is -0.452 e. The lowest BCUT2D eigenvalue weighted by Crippen LogP contribution is -2.34. The molecule has 0 aliphatic rings. The Bertz CT molecular complexity index is 756. The second-order valence-electron chi connectivity index (χ2n) is 4.60. The number of hydrogen-bond acceptors (Lipinski definition) is 5. The number of rotatable bonds is 6. The molecule has 0 saturated heterocycles. The lowest BCUT2D eigenvalue weighted by atomic mass is 10.3. The Kier molecular flexibility index (Phi) is 5.95. The van der Waals surface area contributed by atoms with Crippen LogP contribution in [-0.2, 0) is 16.1 Å². The highest BCUT2D eigenvalue weighted by atomic mass is 35.5. The molecule has 8 heteroatoms. The molecule has 0 unspecified atom stereocenters. The van der Waals surface area contributed by atoms with Gasteiger partial charge in [0, 0.05) is 17.6 Å². The number of halogens is 1. The number of aromatic nitrogens is 1. The van der Waals surface area contributed by atoms with Crippen LogP contribution in [0.2, 0.25) is 4.34 Å². The summed E-state index contributed by atoms with van der Waals surface area (Å²) in [4.78, 5) is 40.3. The summed E-state index contributed by atoms with van der Waals surface area (Å²) in [7, 11) is 0. The number of carbonyl (C=O) groups excluding carboxylic acids is 2. The van der Waals surface area contributed by atoms with E-state index in [9.17, 15) is 14.4 Å². The molecule has 6 nitrogen and oxygen atoms in total. The minimum absolute atomic E-state index is 0.131. The Labute approximate surface area is 141 Å². The first kappa shape index (κ1) is 17.2. The van der Waals surface area contributed by atoms with Crippen molar-refractivity contribution < 1.29 is 14.3 Å². The molecule has 1 N–H and O–H groups in total. The molecule has 0 radical (unpaired) electrons. The van der Waals surface area contributed by atoms with Crippen molar-refractivity contribution in [2.45, 2.75) is 13.5 Å². The largest absolute Gasteiger partial charge is 0.452 e. The number of hydrogen-bond donors (Lipinski definition) is 1. The zero-order valence-corrected chi connectivity index (χ0v) is 13.9. The Morgan fingerprint density at radius 2 is 2.13 bits per heavy atom. The predicted molar refractivity (Wildman–Crippen MR) is 87.8 cm³/mol. The van der Waals surface area contributed by atoms with Gasteiger partial charge < -0.3 is 14.6 Å². The van der Waals surface area contributed by atoms with Crippen LogP contribution in [-0.4, -0.2) is 34.9 Å². The first-order valence-corrected chi connectivity index (χ1v) is 8.07. The van der Waals surface area contributed by atoms with Crippen molar-refractivity contribution in [3.63, 3.8) is 0 Å². The molecule has 0 spiro atoms. The van der Waals surface area contributed by atoms with Gasteiger partial charge in [-0.2, -0.15) is 0 Å². The predicted octanol–water partition coefficient (Wildman–Crippen LogP) is 2.30. The quantitative estimate of drug-likeness (QED) is 0.807. The van der Waals surface area contributed by atoms with Crippen LogP contribution in [0.3, 0.4) is 0 Å². The molecule has 0 aliphatic carbocycles. The molecule has 2 heterocycles. The molecule has 0 bridgehead atoms. The fraction of sp³-hybridized carbons (Fsp3) is 0.267. The lowest BCUT2D eigenvalue weighted by molar-refractivity contribution is -0.134. The lowest BCUT2D eigenvalue weighted by Gasteiger charge is -2.19. The number of ether oxygens (including phenoxy) is 1. The van der Waals surface area contributed by atoms with E-state index in [0.29, 0.717) is 17.4 Å². The molecule has 1 amide bonds. The van der Waals surface area contributed by atoms with Crippen LogP contribution in [0, 0.1) is 0 Å². The number of carbonyl (C=O) groups is 2. The molecular weight excluding hydrogens is 340 g/mol. The first-order chi connectivity index (χ1) is 11.0.